The highest BCUT2D eigenvalue weighted by Crippen LogP contribution is 2.21. The number of aromatic carboxylic acids is 1. The van der Waals surface area contributed by atoms with Crippen molar-refractivity contribution in [2.45, 2.75) is 0 Å². The third-order valence-electron chi connectivity index (χ3n) is 1.79. The van der Waals surface area contributed by atoms with Gasteiger partial charge in [-0.3, -0.25) is 0 Å². The summed E-state index contributed by atoms with van der Waals surface area (Å²) in [5.74, 6) is -0.973. The molecule has 76 valence electrons. The summed E-state index contributed by atoms with van der Waals surface area (Å²) in [6, 6.07) is 4.62. The molecule has 0 aliphatic heterocycles. The van der Waals surface area contributed by atoms with Crippen LogP contribution < -0.4 is 0 Å². The Balaban J connectivity index is 2.48. The lowest BCUT2D eigenvalue weighted by molar-refractivity contribution is 0.0697. The zero-order valence-corrected chi connectivity index (χ0v) is 8.92. The molecule has 1 aromatic heterocycles. The normalized spacial score (nSPS) is 10.2. The van der Waals surface area contributed by atoms with E-state index in [1.165, 1.54) is 23.1 Å². The zero-order chi connectivity index (χ0) is 10.8. The Morgan fingerprint density at radius 1 is 1.47 bits per heavy atom. The molecular formula is C8H5BrN4O2. The summed E-state index contributed by atoms with van der Waals surface area (Å²) in [6.45, 7) is 0. The van der Waals surface area contributed by atoms with Crippen molar-refractivity contribution in [3.8, 4) is 5.69 Å². The molecule has 6 nitrogen and oxygen atoms in total. The summed E-state index contributed by atoms with van der Waals surface area (Å²) in [5, 5.41) is 19.4. The number of carbonyl (C=O) groups is 1. The molecule has 0 aliphatic rings. The first kappa shape index (κ1) is 9.78. The molecule has 0 unspecified atom stereocenters. The fraction of sp³-hybridized carbons (Fsp3) is 0. The first-order valence-corrected chi connectivity index (χ1v) is 4.74. The second-order valence-electron chi connectivity index (χ2n) is 2.73. The van der Waals surface area contributed by atoms with E-state index in [1.54, 1.807) is 6.07 Å². The molecule has 0 amide bonds. The Hall–Kier alpha value is -1.76. The molecule has 0 aliphatic carbocycles. The Morgan fingerprint density at radius 3 is 2.80 bits per heavy atom. The van der Waals surface area contributed by atoms with Gasteiger partial charge in [0.2, 0.25) is 0 Å². The van der Waals surface area contributed by atoms with E-state index in [4.69, 9.17) is 5.11 Å². The van der Waals surface area contributed by atoms with Crippen LogP contribution in [-0.2, 0) is 0 Å². The molecule has 0 fully saturated rings. The van der Waals surface area contributed by atoms with Crippen LogP contribution in [0.25, 0.3) is 5.69 Å². The molecule has 15 heavy (non-hydrogen) atoms. The highest BCUT2D eigenvalue weighted by Gasteiger charge is 2.08. The summed E-state index contributed by atoms with van der Waals surface area (Å²) in [4.78, 5) is 10.7. The standard InChI is InChI=1S/C8H5BrN4O2/c9-6-3-5(8(14)15)1-2-7(6)13-4-10-11-12-13/h1-4H,(H,14,15). The van der Waals surface area contributed by atoms with E-state index in [-0.39, 0.29) is 5.56 Å². The van der Waals surface area contributed by atoms with E-state index in [1.807, 2.05) is 0 Å². The van der Waals surface area contributed by atoms with Gasteiger partial charge in [0.25, 0.3) is 0 Å². The summed E-state index contributed by atoms with van der Waals surface area (Å²) < 4.78 is 2.06. The number of nitrogens with zero attached hydrogens (tertiary/aromatic N) is 4. The number of hydrogen-bond acceptors (Lipinski definition) is 4. The van der Waals surface area contributed by atoms with Gasteiger partial charge >= 0.3 is 5.97 Å². The van der Waals surface area contributed by atoms with Crippen molar-refractivity contribution < 1.29 is 9.90 Å². The molecule has 1 aromatic carbocycles. The first-order chi connectivity index (χ1) is 7.18. The lowest BCUT2D eigenvalue weighted by atomic mass is 10.2. The lowest BCUT2D eigenvalue weighted by Gasteiger charge is -2.03. The first-order valence-electron chi connectivity index (χ1n) is 3.94. The van der Waals surface area contributed by atoms with Crippen LogP contribution >= 0.6 is 15.9 Å². The highest BCUT2D eigenvalue weighted by atomic mass is 79.9. The third-order valence-corrected chi connectivity index (χ3v) is 2.43. The maximum Gasteiger partial charge on any atom is 0.335 e. The second-order valence-corrected chi connectivity index (χ2v) is 3.58. The van der Waals surface area contributed by atoms with Crippen LogP contribution in [0.2, 0.25) is 0 Å². The van der Waals surface area contributed by atoms with E-state index >= 15 is 0 Å². The van der Waals surface area contributed by atoms with E-state index in [9.17, 15) is 4.79 Å². The van der Waals surface area contributed by atoms with Gasteiger partial charge in [-0.15, -0.1) is 5.10 Å². The average Bonchev–Trinajstić information content (AvgIpc) is 2.70. The van der Waals surface area contributed by atoms with Gasteiger partial charge in [-0.1, -0.05) is 0 Å². The van der Waals surface area contributed by atoms with E-state index in [0.717, 1.165) is 0 Å². The number of carboxylic acids is 1. The minimum atomic E-state index is -0.973. The fourth-order valence-electron chi connectivity index (χ4n) is 1.10. The van der Waals surface area contributed by atoms with Crippen LogP contribution in [0.4, 0.5) is 0 Å². The van der Waals surface area contributed by atoms with E-state index in [0.29, 0.717) is 10.2 Å². The number of benzene rings is 1. The molecule has 1 N–H and O–H groups in total. The van der Waals surface area contributed by atoms with Crippen molar-refractivity contribution in [3.63, 3.8) is 0 Å². The van der Waals surface area contributed by atoms with Gasteiger partial charge in [0, 0.05) is 4.47 Å². The number of halogens is 1. The Kier molecular flexibility index (Phi) is 2.46. The molecule has 0 radical (unpaired) electrons. The quantitative estimate of drug-likeness (QED) is 0.883. The topological polar surface area (TPSA) is 80.9 Å². The number of aromatic nitrogens is 4. The molecule has 7 heteroatoms. The second kappa shape index (κ2) is 3.77. The molecule has 0 atom stereocenters. The Morgan fingerprint density at radius 2 is 2.27 bits per heavy atom. The van der Waals surface area contributed by atoms with Crippen molar-refractivity contribution in [2.24, 2.45) is 0 Å². The van der Waals surface area contributed by atoms with Crippen LogP contribution in [0.5, 0.6) is 0 Å². The van der Waals surface area contributed by atoms with E-state index in [2.05, 4.69) is 31.5 Å². The summed E-state index contributed by atoms with van der Waals surface area (Å²) in [7, 11) is 0. The summed E-state index contributed by atoms with van der Waals surface area (Å²) >= 11 is 3.26. The minimum absolute atomic E-state index is 0.207. The molecule has 0 spiro atoms. The molecular weight excluding hydrogens is 264 g/mol. The van der Waals surface area contributed by atoms with Gasteiger partial charge in [0.1, 0.15) is 6.33 Å². The van der Waals surface area contributed by atoms with Crippen molar-refractivity contribution in [3.05, 3.63) is 34.6 Å². The predicted octanol–water partition coefficient (Wildman–Crippen LogP) is 1.12. The van der Waals surface area contributed by atoms with Crippen LogP contribution in [-0.4, -0.2) is 31.3 Å². The van der Waals surface area contributed by atoms with Crippen molar-refractivity contribution in [1.82, 2.24) is 20.2 Å². The number of tetrazole rings is 1. The van der Waals surface area contributed by atoms with Gasteiger partial charge in [-0.05, 0) is 44.6 Å². The smallest absolute Gasteiger partial charge is 0.335 e. The lowest BCUT2D eigenvalue weighted by Crippen LogP contribution is -2.00. The molecule has 1 heterocycles. The van der Waals surface area contributed by atoms with E-state index < -0.39 is 5.97 Å². The number of hydrogen-bond donors (Lipinski definition) is 1. The summed E-state index contributed by atoms with van der Waals surface area (Å²) in [6.07, 6.45) is 1.43. The maximum absolute atomic E-state index is 10.7. The minimum Gasteiger partial charge on any atom is -0.478 e. The zero-order valence-electron chi connectivity index (χ0n) is 7.33. The fourth-order valence-corrected chi connectivity index (χ4v) is 1.66. The van der Waals surface area contributed by atoms with Crippen LogP contribution in [0, 0.1) is 0 Å². The van der Waals surface area contributed by atoms with Crippen LogP contribution in [0.15, 0.2) is 29.0 Å². The van der Waals surface area contributed by atoms with Gasteiger partial charge in [-0.2, -0.15) is 4.68 Å². The monoisotopic (exact) mass is 268 g/mol. The van der Waals surface area contributed by atoms with Crippen molar-refractivity contribution >= 4 is 21.9 Å². The largest absolute Gasteiger partial charge is 0.478 e. The van der Waals surface area contributed by atoms with Crippen molar-refractivity contribution in [2.75, 3.05) is 0 Å². The molecule has 0 saturated heterocycles. The van der Waals surface area contributed by atoms with Gasteiger partial charge < -0.3 is 5.11 Å². The average molecular weight is 269 g/mol. The molecule has 2 aromatic rings. The van der Waals surface area contributed by atoms with Crippen LogP contribution in [0.1, 0.15) is 10.4 Å². The third kappa shape index (κ3) is 1.86. The van der Waals surface area contributed by atoms with Gasteiger partial charge in [-0.25, -0.2) is 4.79 Å². The molecule has 0 saturated carbocycles. The highest BCUT2D eigenvalue weighted by molar-refractivity contribution is 9.10. The molecule has 0 bridgehead atoms. The number of rotatable bonds is 2. The SMILES string of the molecule is O=C(O)c1ccc(-n2cnnn2)c(Br)c1. The molecule has 2 rings (SSSR count). The number of carboxylic acid groups (broad SMARTS) is 1. The Bertz CT molecular complexity index is 497. The Labute approximate surface area is 92.7 Å². The summed E-state index contributed by atoms with van der Waals surface area (Å²) in [5.41, 5.74) is 0.892. The predicted molar refractivity (Wildman–Crippen MR) is 53.8 cm³/mol. The van der Waals surface area contributed by atoms with Crippen molar-refractivity contribution in [1.29, 1.82) is 0 Å². The van der Waals surface area contributed by atoms with Crippen LogP contribution in [0.3, 0.4) is 0 Å². The van der Waals surface area contributed by atoms with Gasteiger partial charge in [0.05, 0.1) is 11.3 Å². The van der Waals surface area contributed by atoms with Gasteiger partial charge in [0.15, 0.2) is 0 Å². The maximum atomic E-state index is 10.7.